The fourth-order valence-electron chi connectivity index (χ4n) is 0.583. The summed E-state index contributed by atoms with van der Waals surface area (Å²) in [5.41, 5.74) is 7.28. The lowest BCUT2D eigenvalue weighted by molar-refractivity contribution is 0.233. The average molecular weight is 157 g/mol. The van der Waals surface area contributed by atoms with Gasteiger partial charge in [-0.15, -0.1) is 0 Å². The molecule has 7 heteroatoms. The van der Waals surface area contributed by atoms with Gasteiger partial charge in [-0.2, -0.15) is 0 Å². The van der Waals surface area contributed by atoms with E-state index in [1.807, 2.05) is 0 Å². The van der Waals surface area contributed by atoms with E-state index < -0.39 is 0 Å². The van der Waals surface area contributed by atoms with Crippen LogP contribution in [0, 0.1) is 5.41 Å². The predicted molar refractivity (Wildman–Crippen MR) is 33.9 cm³/mol. The van der Waals surface area contributed by atoms with Gasteiger partial charge in [0.15, 0.2) is 11.5 Å². The van der Waals surface area contributed by atoms with Gasteiger partial charge in [0.25, 0.3) is 0 Å². The topological polar surface area (TPSA) is 121 Å². The van der Waals surface area contributed by atoms with Crippen molar-refractivity contribution in [3.63, 3.8) is 0 Å². The quantitative estimate of drug-likeness (QED) is 0.244. The number of hydrogen-bond acceptors (Lipinski definition) is 6. The molecular formula is C4H7N5O2. The number of nitrogens with two attached hydrogens (primary N) is 1. The van der Waals surface area contributed by atoms with Crippen molar-refractivity contribution in [3.05, 3.63) is 11.4 Å². The lowest BCUT2D eigenvalue weighted by Gasteiger charge is -1.95. The van der Waals surface area contributed by atoms with E-state index in [2.05, 4.69) is 14.9 Å². The lowest BCUT2D eigenvalue weighted by Crippen LogP contribution is -2.21. The van der Waals surface area contributed by atoms with Crippen LogP contribution in [-0.4, -0.2) is 21.4 Å². The molecule has 0 radical (unpaired) electrons. The van der Waals surface area contributed by atoms with Crippen LogP contribution in [0.25, 0.3) is 0 Å². The van der Waals surface area contributed by atoms with Crippen LogP contribution in [-0.2, 0) is 6.54 Å². The summed E-state index contributed by atoms with van der Waals surface area (Å²) in [5.74, 6) is -0.285. The summed E-state index contributed by atoms with van der Waals surface area (Å²) in [4.78, 5) is 0. The number of rotatable bonds is 2. The Balaban J connectivity index is 2.92. The molecule has 0 amide bonds. The highest BCUT2D eigenvalue weighted by Gasteiger charge is 2.12. The molecule has 0 saturated heterocycles. The van der Waals surface area contributed by atoms with Crippen molar-refractivity contribution in [2.75, 3.05) is 0 Å². The Morgan fingerprint density at radius 1 is 1.73 bits per heavy atom. The minimum Gasteiger partial charge on any atom is -0.325 e. The Morgan fingerprint density at radius 3 is 3.00 bits per heavy atom. The van der Waals surface area contributed by atoms with Crippen LogP contribution < -0.4 is 11.2 Å². The van der Waals surface area contributed by atoms with Gasteiger partial charge in [0.05, 0.1) is 0 Å². The summed E-state index contributed by atoms with van der Waals surface area (Å²) in [6, 6.07) is 0. The maximum absolute atomic E-state index is 8.30. The third-order valence-electron chi connectivity index (χ3n) is 1.10. The molecule has 7 nitrogen and oxygen atoms in total. The molecule has 0 aromatic carbocycles. The van der Waals surface area contributed by atoms with E-state index in [9.17, 15) is 0 Å². The Kier molecular flexibility index (Phi) is 2.14. The van der Waals surface area contributed by atoms with Crippen LogP contribution in [0.3, 0.4) is 0 Å². The molecule has 1 rings (SSSR count). The van der Waals surface area contributed by atoms with Gasteiger partial charge in [0.2, 0.25) is 0 Å². The van der Waals surface area contributed by atoms with E-state index in [4.69, 9.17) is 16.4 Å². The number of amidine groups is 1. The van der Waals surface area contributed by atoms with Crippen LogP contribution in [0.1, 0.15) is 11.4 Å². The van der Waals surface area contributed by atoms with Crippen molar-refractivity contribution < 1.29 is 9.84 Å². The van der Waals surface area contributed by atoms with Gasteiger partial charge >= 0.3 is 0 Å². The molecule has 0 bridgehead atoms. The van der Waals surface area contributed by atoms with E-state index in [1.165, 1.54) is 0 Å². The highest BCUT2D eigenvalue weighted by atomic mass is 16.6. The smallest absolute Gasteiger partial charge is 0.176 e. The maximum atomic E-state index is 8.30. The number of aromatic nitrogens is 2. The van der Waals surface area contributed by atoms with Crippen LogP contribution in [0.2, 0.25) is 0 Å². The van der Waals surface area contributed by atoms with Crippen LogP contribution in [0.4, 0.5) is 0 Å². The van der Waals surface area contributed by atoms with Crippen molar-refractivity contribution in [1.29, 1.82) is 5.41 Å². The highest BCUT2D eigenvalue weighted by Crippen LogP contribution is 1.99. The third kappa shape index (κ3) is 1.33. The second kappa shape index (κ2) is 3.08. The fourth-order valence-corrected chi connectivity index (χ4v) is 0.583. The Hall–Kier alpha value is -1.47. The minimum absolute atomic E-state index is 0.114. The first-order chi connectivity index (χ1) is 5.29. The van der Waals surface area contributed by atoms with E-state index in [1.54, 1.807) is 5.48 Å². The van der Waals surface area contributed by atoms with E-state index >= 15 is 0 Å². The summed E-state index contributed by atoms with van der Waals surface area (Å²) < 4.78 is 4.29. The number of hydroxylamine groups is 1. The van der Waals surface area contributed by atoms with Crippen LogP contribution >= 0.6 is 0 Å². The zero-order valence-corrected chi connectivity index (χ0v) is 5.53. The lowest BCUT2D eigenvalue weighted by atomic mass is 10.3. The van der Waals surface area contributed by atoms with Gasteiger partial charge in [-0.05, 0) is 5.16 Å². The molecule has 1 heterocycles. The molecule has 1 aromatic heterocycles. The molecule has 0 aliphatic heterocycles. The van der Waals surface area contributed by atoms with E-state index in [0.717, 1.165) is 0 Å². The summed E-state index contributed by atoms with van der Waals surface area (Å²) in [5, 5.41) is 22.1. The Bertz CT molecular complexity index is 257. The molecule has 0 fully saturated rings. The zero-order chi connectivity index (χ0) is 8.27. The fraction of sp³-hybridized carbons (Fsp3) is 0.250. The average Bonchev–Trinajstić information content (AvgIpc) is 2.50. The molecule has 60 valence electrons. The molecule has 0 unspecified atom stereocenters. The minimum atomic E-state index is -0.285. The zero-order valence-electron chi connectivity index (χ0n) is 5.53. The van der Waals surface area contributed by atoms with Gasteiger partial charge in [0.1, 0.15) is 5.69 Å². The van der Waals surface area contributed by atoms with E-state index in [-0.39, 0.29) is 18.1 Å². The van der Waals surface area contributed by atoms with Crippen LogP contribution in [0.5, 0.6) is 0 Å². The molecular weight excluding hydrogens is 150 g/mol. The number of hydrogen-bond donors (Lipinski definition) is 4. The van der Waals surface area contributed by atoms with Gasteiger partial charge in [-0.1, -0.05) is 5.16 Å². The standard InChI is InChI=1S/C4H7N5O2/c5-1-2-3(4(6)7-10)9-11-8-2/h10H,1,5H2,(H2,6,7). The molecule has 0 spiro atoms. The second-order valence-corrected chi connectivity index (χ2v) is 1.75. The van der Waals surface area contributed by atoms with Crippen molar-refractivity contribution in [2.45, 2.75) is 6.54 Å². The Morgan fingerprint density at radius 2 is 2.45 bits per heavy atom. The first-order valence-corrected chi connectivity index (χ1v) is 2.80. The molecule has 0 atom stereocenters. The molecule has 1 aromatic rings. The van der Waals surface area contributed by atoms with E-state index in [0.29, 0.717) is 5.69 Å². The number of nitrogens with zero attached hydrogens (tertiary/aromatic N) is 2. The SMILES string of the molecule is N=C(NO)c1nonc1CN. The molecule has 0 aliphatic carbocycles. The van der Waals surface area contributed by atoms with Gasteiger partial charge in [-0.3, -0.25) is 16.1 Å². The largest absolute Gasteiger partial charge is 0.325 e. The predicted octanol–water partition coefficient (Wildman–Crippen LogP) is -1.17. The van der Waals surface area contributed by atoms with Crippen LogP contribution in [0.15, 0.2) is 4.63 Å². The molecule has 0 saturated carbocycles. The van der Waals surface area contributed by atoms with Gasteiger partial charge in [0, 0.05) is 6.54 Å². The first-order valence-electron chi connectivity index (χ1n) is 2.80. The normalized spacial score (nSPS) is 9.64. The molecule has 0 aliphatic rings. The third-order valence-corrected chi connectivity index (χ3v) is 1.10. The highest BCUT2D eigenvalue weighted by molar-refractivity contribution is 5.94. The second-order valence-electron chi connectivity index (χ2n) is 1.75. The van der Waals surface area contributed by atoms with Gasteiger partial charge in [-0.25, -0.2) is 4.63 Å². The first kappa shape index (κ1) is 7.63. The van der Waals surface area contributed by atoms with Crippen molar-refractivity contribution >= 4 is 5.84 Å². The summed E-state index contributed by atoms with van der Waals surface area (Å²) in [6.45, 7) is 0.114. The monoisotopic (exact) mass is 157 g/mol. The van der Waals surface area contributed by atoms with Crippen molar-refractivity contribution in [1.82, 2.24) is 15.8 Å². The Labute approximate surface area is 61.6 Å². The van der Waals surface area contributed by atoms with Crippen molar-refractivity contribution in [2.24, 2.45) is 5.73 Å². The summed E-state index contributed by atoms with van der Waals surface area (Å²) >= 11 is 0. The molecule has 5 N–H and O–H groups in total. The summed E-state index contributed by atoms with van der Waals surface area (Å²) in [7, 11) is 0. The maximum Gasteiger partial charge on any atom is 0.176 e. The molecule has 11 heavy (non-hydrogen) atoms. The summed E-state index contributed by atoms with van der Waals surface area (Å²) in [6.07, 6.45) is 0. The van der Waals surface area contributed by atoms with Crippen molar-refractivity contribution in [3.8, 4) is 0 Å². The number of nitrogens with one attached hydrogen (secondary N) is 2. The van der Waals surface area contributed by atoms with Gasteiger partial charge < -0.3 is 5.73 Å².